The van der Waals surface area contributed by atoms with Crippen LogP contribution in [0.2, 0.25) is 0 Å². The maximum Gasteiger partial charge on any atom is 0.127 e. The molecule has 46 heavy (non-hydrogen) atoms. The summed E-state index contributed by atoms with van der Waals surface area (Å²) in [7, 11) is 0. The smallest absolute Gasteiger partial charge is 0.127 e. The van der Waals surface area contributed by atoms with E-state index in [1.54, 1.807) is 0 Å². The van der Waals surface area contributed by atoms with Gasteiger partial charge >= 0.3 is 0 Å². The van der Waals surface area contributed by atoms with Gasteiger partial charge in [0.2, 0.25) is 0 Å². The molecule has 0 fully saturated rings. The summed E-state index contributed by atoms with van der Waals surface area (Å²) >= 11 is 0. The Morgan fingerprint density at radius 1 is 0.348 bits per heavy atom. The van der Waals surface area contributed by atoms with Crippen LogP contribution in [0.1, 0.15) is 186 Å². The van der Waals surface area contributed by atoms with Gasteiger partial charge in [0.05, 0.1) is 0 Å². The maximum absolute atomic E-state index is 12.4. The van der Waals surface area contributed by atoms with Crippen LogP contribution in [0, 0.1) is 21.7 Å². The van der Waals surface area contributed by atoms with Crippen molar-refractivity contribution < 1.29 is 10.2 Å². The van der Waals surface area contributed by atoms with Crippen molar-refractivity contribution in [2.24, 2.45) is 21.7 Å². The Morgan fingerprint density at radius 2 is 0.565 bits per heavy atom. The van der Waals surface area contributed by atoms with Crippen molar-refractivity contribution in [1.82, 2.24) is 0 Å². The van der Waals surface area contributed by atoms with Gasteiger partial charge in [0.1, 0.15) is 11.5 Å². The SMILES string of the molecule is CC(C)(C)CC(C)(C)c1cc(-c2cc(C(C)(C)CC(C)(C)C)cc(C(C)(C)CC(C)(C)C)c2O)c(O)c(C(C)(C)CC(C)(C)C)c1. The molecule has 0 saturated heterocycles. The lowest BCUT2D eigenvalue weighted by Crippen LogP contribution is -2.29. The summed E-state index contributed by atoms with van der Waals surface area (Å²) in [6, 6.07) is 8.91. The van der Waals surface area contributed by atoms with Crippen molar-refractivity contribution in [3.63, 3.8) is 0 Å². The van der Waals surface area contributed by atoms with Gasteiger partial charge in [0, 0.05) is 22.3 Å². The first kappa shape index (κ1) is 40.2. The molecule has 0 unspecified atom stereocenters. The predicted octanol–water partition coefficient (Wildman–Crippen LogP) is 13.6. The summed E-state index contributed by atoms with van der Waals surface area (Å²) in [4.78, 5) is 0. The molecule has 2 rings (SSSR count). The Morgan fingerprint density at radius 3 is 0.783 bits per heavy atom. The first-order valence-corrected chi connectivity index (χ1v) is 17.8. The fourth-order valence-electron chi connectivity index (χ4n) is 9.19. The molecule has 0 aromatic heterocycles. The molecule has 262 valence electrons. The van der Waals surface area contributed by atoms with Crippen LogP contribution >= 0.6 is 0 Å². The Labute approximate surface area is 286 Å². The van der Waals surface area contributed by atoms with Gasteiger partial charge in [-0.05, 0) is 92.3 Å². The normalized spacial score (nSPS) is 14.6. The van der Waals surface area contributed by atoms with Gasteiger partial charge in [-0.3, -0.25) is 0 Å². The van der Waals surface area contributed by atoms with E-state index >= 15 is 0 Å². The number of hydrogen-bond donors (Lipinski definition) is 2. The maximum atomic E-state index is 12.4. The van der Waals surface area contributed by atoms with Gasteiger partial charge < -0.3 is 10.2 Å². The van der Waals surface area contributed by atoms with E-state index in [1.807, 2.05) is 0 Å². The number of rotatable bonds is 9. The number of hydrogen-bond acceptors (Lipinski definition) is 2. The standard InChI is InChI=1S/C44H74O2/c1-37(2,3)25-41(13,14)29-21-31(35(45)33(23-29)43(17,18)27-39(7,8)9)32-22-30(42(15,16)26-38(4,5)6)24-34(36(32)46)44(19,20)28-40(10,11)12/h21-24,45-46H,25-28H2,1-20H3. The quantitative estimate of drug-likeness (QED) is 0.288. The average molecular weight is 635 g/mol. The highest BCUT2D eigenvalue weighted by atomic mass is 16.3. The second kappa shape index (κ2) is 12.5. The number of phenols is 2. The molecule has 0 bridgehead atoms. The van der Waals surface area contributed by atoms with Gasteiger partial charge in [-0.1, -0.05) is 151 Å². The highest BCUT2D eigenvalue weighted by Gasteiger charge is 2.38. The topological polar surface area (TPSA) is 40.5 Å². The second-order valence-corrected chi connectivity index (χ2v) is 22.3. The van der Waals surface area contributed by atoms with E-state index < -0.39 is 0 Å². The summed E-state index contributed by atoms with van der Waals surface area (Å²) in [5.74, 6) is 0.593. The van der Waals surface area contributed by atoms with E-state index in [9.17, 15) is 10.2 Å². The van der Waals surface area contributed by atoms with Gasteiger partial charge in [0.15, 0.2) is 0 Å². The Balaban J connectivity index is 3.17. The number of aromatic hydroxyl groups is 2. The molecule has 2 aromatic carbocycles. The van der Waals surface area contributed by atoms with E-state index in [0.29, 0.717) is 11.5 Å². The highest BCUT2D eigenvalue weighted by Crippen LogP contribution is 2.52. The summed E-state index contributed by atoms with van der Waals surface area (Å²) in [5.41, 5.74) is 5.42. The van der Waals surface area contributed by atoms with Crippen molar-refractivity contribution in [2.75, 3.05) is 0 Å². The Hall–Kier alpha value is -1.96. The van der Waals surface area contributed by atoms with Crippen LogP contribution in [-0.4, -0.2) is 10.2 Å². The molecule has 2 N–H and O–H groups in total. The van der Waals surface area contributed by atoms with Crippen LogP contribution in [0.25, 0.3) is 11.1 Å². The van der Waals surface area contributed by atoms with Crippen molar-refractivity contribution >= 4 is 0 Å². The third-order valence-electron chi connectivity index (χ3n) is 9.42. The van der Waals surface area contributed by atoms with Gasteiger partial charge in [-0.2, -0.15) is 0 Å². The van der Waals surface area contributed by atoms with Crippen LogP contribution in [0.5, 0.6) is 11.5 Å². The molecular weight excluding hydrogens is 560 g/mol. The Bertz CT molecular complexity index is 1260. The molecule has 0 atom stereocenters. The molecule has 0 spiro atoms. The van der Waals surface area contributed by atoms with Crippen LogP contribution in [0.3, 0.4) is 0 Å². The summed E-state index contributed by atoms with van der Waals surface area (Å²) in [5, 5.41) is 24.7. The summed E-state index contributed by atoms with van der Waals surface area (Å²) < 4.78 is 0. The van der Waals surface area contributed by atoms with Crippen LogP contribution < -0.4 is 0 Å². The van der Waals surface area contributed by atoms with E-state index in [2.05, 4.69) is 163 Å². The van der Waals surface area contributed by atoms with Crippen LogP contribution in [0.15, 0.2) is 24.3 Å². The van der Waals surface area contributed by atoms with E-state index in [1.165, 1.54) is 11.1 Å². The largest absolute Gasteiger partial charge is 0.507 e. The monoisotopic (exact) mass is 635 g/mol. The molecule has 2 aromatic rings. The fourth-order valence-corrected chi connectivity index (χ4v) is 9.19. The minimum atomic E-state index is -0.280. The van der Waals surface area contributed by atoms with Crippen LogP contribution in [0.4, 0.5) is 0 Å². The molecule has 0 saturated carbocycles. The van der Waals surface area contributed by atoms with E-state index in [-0.39, 0.29) is 43.3 Å². The molecule has 0 amide bonds. The zero-order valence-electron chi connectivity index (χ0n) is 34.0. The second-order valence-electron chi connectivity index (χ2n) is 22.3. The minimum absolute atomic E-state index is 0.0796. The molecule has 0 aliphatic carbocycles. The zero-order chi connectivity index (χ0) is 36.3. The molecule has 0 radical (unpaired) electrons. The van der Waals surface area contributed by atoms with Crippen molar-refractivity contribution in [3.05, 3.63) is 46.5 Å². The number of phenolic OH excluding ortho intramolecular Hbond substituents is 2. The minimum Gasteiger partial charge on any atom is -0.507 e. The van der Waals surface area contributed by atoms with Gasteiger partial charge in [0.25, 0.3) is 0 Å². The van der Waals surface area contributed by atoms with Gasteiger partial charge in [-0.15, -0.1) is 0 Å². The highest BCUT2D eigenvalue weighted by molar-refractivity contribution is 5.80. The summed E-state index contributed by atoms with van der Waals surface area (Å²) in [6.45, 7) is 45.8. The third kappa shape index (κ3) is 10.5. The van der Waals surface area contributed by atoms with E-state index in [4.69, 9.17) is 0 Å². The lowest BCUT2D eigenvalue weighted by atomic mass is 9.66. The Kier molecular flexibility index (Phi) is 10.9. The van der Waals surface area contributed by atoms with E-state index in [0.717, 1.165) is 47.9 Å². The lowest BCUT2D eigenvalue weighted by molar-refractivity contribution is 0.273. The van der Waals surface area contributed by atoms with Crippen molar-refractivity contribution in [1.29, 1.82) is 0 Å². The molecule has 0 heterocycles. The lowest BCUT2D eigenvalue weighted by Gasteiger charge is -2.38. The first-order chi connectivity index (χ1) is 20.1. The molecule has 2 heteroatoms. The summed E-state index contributed by atoms with van der Waals surface area (Å²) in [6.07, 6.45) is 3.84. The average Bonchev–Trinajstić information content (AvgIpc) is 2.72. The third-order valence-corrected chi connectivity index (χ3v) is 9.42. The first-order valence-electron chi connectivity index (χ1n) is 17.8. The predicted molar refractivity (Wildman–Crippen MR) is 204 cm³/mol. The van der Waals surface area contributed by atoms with Crippen molar-refractivity contribution in [3.8, 4) is 22.6 Å². The molecular formula is C44H74O2. The van der Waals surface area contributed by atoms with Crippen LogP contribution in [-0.2, 0) is 21.7 Å². The fraction of sp³-hybridized carbons (Fsp3) is 0.727. The molecule has 2 nitrogen and oxygen atoms in total. The molecule has 0 aliphatic heterocycles. The zero-order valence-corrected chi connectivity index (χ0v) is 34.0. The number of benzene rings is 2. The molecule has 0 aliphatic rings. The van der Waals surface area contributed by atoms with Gasteiger partial charge in [-0.25, -0.2) is 0 Å². The van der Waals surface area contributed by atoms with Crippen molar-refractivity contribution in [2.45, 2.75) is 186 Å².